The van der Waals surface area contributed by atoms with Gasteiger partial charge in [0.1, 0.15) is 12.0 Å². The lowest BCUT2D eigenvalue weighted by Crippen LogP contribution is -2.46. The minimum Gasteiger partial charge on any atom is -0.381 e. The summed E-state index contributed by atoms with van der Waals surface area (Å²) < 4.78 is 5.50. The minimum atomic E-state index is 0. The van der Waals surface area contributed by atoms with E-state index in [-0.39, 0.29) is 26.0 Å². The van der Waals surface area contributed by atoms with E-state index in [0.717, 1.165) is 30.5 Å². The minimum absolute atomic E-state index is 0. The fourth-order valence-electron chi connectivity index (χ4n) is 4.20. The summed E-state index contributed by atoms with van der Waals surface area (Å²) in [6.45, 7) is 2.14. The summed E-state index contributed by atoms with van der Waals surface area (Å²) in [4.78, 5) is 32.7. The van der Waals surface area contributed by atoms with Crippen molar-refractivity contribution in [3.05, 3.63) is 30.4 Å². The molecule has 1 amide bonds. The number of rotatable bonds is 4. The van der Waals surface area contributed by atoms with Crippen molar-refractivity contribution in [2.45, 2.75) is 38.3 Å². The number of H-pyrrole nitrogens is 1. The number of ether oxygens (including phenoxy) is 1. The third-order valence-corrected chi connectivity index (χ3v) is 5.73. The van der Waals surface area contributed by atoms with Gasteiger partial charge in [0, 0.05) is 25.8 Å². The summed E-state index contributed by atoms with van der Waals surface area (Å²) in [5, 5.41) is 9.77. The van der Waals surface area contributed by atoms with Gasteiger partial charge in [-0.2, -0.15) is 5.10 Å². The number of carbonyl (C=O) groups is 1. The van der Waals surface area contributed by atoms with Gasteiger partial charge in [-0.15, -0.1) is 0 Å². The van der Waals surface area contributed by atoms with E-state index in [0.29, 0.717) is 28.8 Å². The molecule has 1 fully saturated rings. The van der Waals surface area contributed by atoms with E-state index >= 15 is 0 Å². The molecule has 1 saturated carbocycles. The Kier molecular flexibility index (Phi) is 4.62. The quantitative estimate of drug-likeness (QED) is 0.674. The number of hydrogen-bond donors (Lipinski definition) is 2. The van der Waals surface area contributed by atoms with E-state index < -0.39 is 0 Å². The van der Waals surface area contributed by atoms with Gasteiger partial charge in [0.15, 0.2) is 17.5 Å². The fraction of sp³-hybridized carbons (Fsp3) is 0.400. The second kappa shape index (κ2) is 7.45. The van der Waals surface area contributed by atoms with Crippen molar-refractivity contribution >= 4 is 17.5 Å². The second-order valence-corrected chi connectivity index (χ2v) is 7.53. The highest BCUT2D eigenvalue weighted by Gasteiger charge is 2.37. The predicted octanol–water partition coefficient (Wildman–Crippen LogP) is 2.20. The van der Waals surface area contributed by atoms with Crippen molar-refractivity contribution in [3.63, 3.8) is 0 Å². The van der Waals surface area contributed by atoms with Gasteiger partial charge in [0.2, 0.25) is 5.91 Å². The van der Waals surface area contributed by atoms with Gasteiger partial charge in [0.25, 0.3) is 0 Å². The van der Waals surface area contributed by atoms with E-state index in [1.165, 1.54) is 6.33 Å². The molecule has 1 aliphatic heterocycles. The SMILES string of the molecule is CO[C@@H]1CC[C@@H](N2C(=O)CNc3ncc(-c4ccc(-c5ncn[nH]5)nc4C)nc32)C1.[HH]. The number of amides is 1. The molecule has 0 radical (unpaired) electrons. The second-order valence-electron chi connectivity index (χ2n) is 7.53. The molecule has 0 bridgehead atoms. The zero-order chi connectivity index (χ0) is 20.7. The molecule has 10 heteroatoms. The zero-order valence-electron chi connectivity index (χ0n) is 16.8. The van der Waals surface area contributed by atoms with Crippen molar-refractivity contribution < 1.29 is 11.0 Å². The topological polar surface area (TPSA) is 122 Å². The smallest absolute Gasteiger partial charge is 0.247 e. The van der Waals surface area contributed by atoms with Gasteiger partial charge < -0.3 is 10.1 Å². The van der Waals surface area contributed by atoms with Crippen molar-refractivity contribution in [1.29, 1.82) is 0 Å². The summed E-state index contributed by atoms with van der Waals surface area (Å²) in [5.41, 5.74) is 3.02. The molecule has 5 rings (SSSR count). The van der Waals surface area contributed by atoms with Crippen LogP contribution in [0.25, 0.3) is 22.8 Å². The molecule has 10 nitrogen and oxygen atoms in total. The molecule has 2 aliphatic rings. The summed E-state index contributed by atoms with van der Waals surface area (Å²) in [6, 6.07) is 3.88. The van der Waals surface area contributed by atoms with E-state index in [1.807, 2.05) is 19.1 Å². The maximum absolute atomic E-state index is 12.8. The van der Waals surface area contributed by atoms with Crippen LogP contribution in [0.4, 0.5) is 11.6 Å². The van der Waals surface area contributed by atoms with Crippen LogP contribution < -0.4 is 10.2 Å². The maximum Gasteiger partial charge on any atom is 0.247 e. The van der Waals surface area contributed by atoms with Gasteiger partial charge in [-0.3, -0.25) is 14.8 Å². The Morgan fingerprint density at radius 2 is 2.10 bits per heavy atom. The van der Waals surface area contributed by atoms with E-state index in [4.69, 9.17) is 9.72 Å². The van der Waals surface area contributed by atoms with Crippen LogP contribution in [0.5, 0.6) is 0 Å². The highest BCUT2D eigenvalue weighted by molar-refractivity contribution is 6.01. The summed E-state index contributed by atoms with van der Waals surface area (Å²) in [7, 11) is 1.72. The lowest BCUT2D eigenvalue weighted by molar-refractivity contribution is -0.117. The molecular weight excluding hydrogens is 384 g/mol. The van der Waals surface area contributed by atoms with E-state index in [1.54, 1.807) is 18.2 Å². The number of fused-ring (bicyclic) bond motifs is 1. The number of aromatic amines is 1. The lowest BCUT2D eigenvalue weighted by atomic mass is 10.1. The number of carbonyl (C=O) groups excluding carboxylic acids is 1. The normalized spacial score (nSPS) is 20.9. The number of hydrogen-bond acceptors (Lipinski definition) is 8. The fourth-order valence-corrected chi connectivity index (χ4v) is 4.20. The molecule has 2 N–H and O–H groups in total. The molecule has 0 saturated heterocycles. The van der Waals surface area contributed by atoms with Crippen LogP contribution in [0, 0.1) is 6.92 Å². The molecule has 4 heterocycles. The Morgan fingerprint density at radius 1 is 1.20 bits per heavy atom. The Hall–Kier alpha value is -3.40. The molecule has 2 atom stereocenters. The van der Waals surface area contributed by atoms with Gasteiger partial charge >= 0.3 is 0 Å². The van der Waals surface area contributed by atoms with Crippen molar-refractivity contribution in [2.75, 3.05) is 23.9 Å². The average Bonchev–Trinajstić information content (AvgIpc) is 3.45. The number of aromatic nitrogens is 6. The molecule has 0 unspecified atom stereocenters. The Labute approximate surface area is 174 Å². The Morgan fingerprint density at radius 3 is 2.83 bits per heavy atom. The Bertz CT molecular complexity index is 1090. The number of aryl methyl sites for hydroxylation is 1. The third kappa shape index (κ3) is 3.18. The molecule has 3 aromatic heterocycles. The van der Waals surface area contributed by atoms with Crippen LogP contribution >= 0.6 is 0 Å². The molecular formula is C20H24N8O2. The first kappa shape index (κ1) is 18.6. The van der Waals surface area contributed by atoms with Gasteiger partial charge in [0.05, 0.1) is 24.5 Å². The van der Waals surface area contributed by atoms with Crippen LogP contribution in [-0.2, 0) is 9.53 Å². The van der Waals surface area contributed by atoms with Crippen LogP contribution in [-0.4, -0.2) is 61.8 Å². The van der Waals surface area contributed by atoms with Gasteiger partial charge in [-0.25, -0.2) is 19.9 Å². The average molecular weight is 408 g/mol. The number of methoxy groups -OCH3 is 1. The first-order valence-corrected chi connectivity index (χ1v) is 9.93. The van der Waals surface area contributed by atoms with Crippen LogP contribution in [0.2, 0.25) is 0 Å². The first-order valence-electron chi connectivity index (χ1n) is 9.93. The largest absolute Gasteiger partial charge is 0.381 e. The van der Waals surface area contributed by atoms with Crippen molar-refractivity contribution in [2.24, 2.45) is 0 Å². The van der Waals surface area contributed by atoms with Crippen molar-refractivity contribution in [3.8, 4) is 22.8 Å². The lowest BCUT2D eigenvalue weighted by Gasteiger charge is -2.33. The molecule has 156 valence electrons. The number of pyridine rings is 1. The summed E-state index contributed by atoms with van der Waals surface area (Å²) in [6.07, 6.45) is 5.97. The van der Waals surface area contributed by atoms with Gasteiger partial charge in [-0.1, -0.05) is 0 Å². The molecule has 30 heavy (non-hydrogen) atoms. The summed E-state index contributed by atoms with van der Waals surface area (Å²) in [5.74, 6) is 1.81. The number of nitrogens with zero attached hydrogens (tertiary/aromatic N) is 6. The van der Waals surface area contributed by atoms with Crippen molar-refractivity contribution in [1.82, 2.24) is 30.1 Å². The third-order valence-electron chi connectivity index (χ3n) is 5.73. The predicted molar refractivity (Wildman–Crippen MR) is 112 cm³/mol. The molecule has 1 aliphatic carbocycles. The standard InChI is InChI=1S/C20H22N8O2.H2/c1-11-14(5-6-15(25-11)18-23-10-24-27-18)16-8-21-19-20(26-16)28(17(29)9-22-19)12-3-4-13(7-12)30-2;/h5-6,8,10,12-13H,3-4,7,9H2,1-2H3,(H,21,22)(H,23,24,27);1H/t12-,13-;/m1./s1. The highest BCUT2D eigenvalue weighted by Crippen LogP contribution is 2.35. The zero-order valence-corrected chi connectivity index (χ0v) is 16.8. The number of anilines is 2. The molecule has 0 aromatic carbocycles. The van der Waals surface area contributed by atoms with Crippen LogP contribution in [0.3, 0.4) is 0 Å². The first-order chi connectivity index (χ1) is 14.6. The molecule has 0 spiro atoms. The monoisotopic (exact) mass is 408 g/mol. The van der Waals surface area contributed by atoms with Crippen LogP contribution in [0.15, 0.2) is 24.7 Å². The van der Waals surface area contributed by atoms with Crippen LogP contribution in [0.1, 0.15) is 26.4 Å². The van der Waals surface area contributed by atoms with Gasteiger partial charge in [-0.05, 0) is 38.3 Å². The highest BCUT2D eigenvalue weighted by atomic mass is 16.5. The number of nitrogens with one attached hydrogen (secondary N) is 2. The van der Waals surface area contributed by atoms with E-state index in [9.17, 15) is 4.79 Å². The summed E-state index contributed by atoms with van der Waals surface area (Å²) >= 11 is 0. The van der Waals surface area contributed by atoms with E-state index in [2.05, 4.69) is 30.5 Å². The Balaban J connectivity index is 0.00000231. The molecule has 3 aromatic rings. The maximum atomic E-state index is 12.8.